The van der Waals surface area contributed by atoms with Crippen molar-refractivity contribution in [3.8, 4) is 0 Å². The highest BCUT2D eigenvalue weighted by atomic mass is 32.2. The number of nitrogens with one attached hydrogen (secondary N) is 1. The Morgan fingerprint density at radius 2 is 1.68 bits per heavy atom. The van der Waals surface area contributed by atoms with Gasteiger partial charge in [-0.3, -0.25) is 4.79 Å². The van der Waals surface area contributed by atoms with Crippen molar-refractivity contribution in [1.29, 1.82) is 0 Å². The maximum atomic E-state index is 12.7. The van der Waals surface area contributed by atoms with Crippen molar-refractivity contribution < 1.29 is 17.9 Å². The summed E-state index contributed by atoms with van der Waals surface area (Å²) in [6.07, 6.45) is 0.307. The first-order valence-electron chi connectivity index (χ1n) is 8.05. The first-order valence-corrected chi connectivity index (χ1v) is 9.53. The minimum atomic E-state index is -3.70. The minimum absolute atomic E-state index is 0.199. The molecule has 0 spiro atoms. The standard InChI is InChI=1S/C19H23NO4S/c1-14-9-11-17(12-10-14)25(22,23)20-18(13-15(2)19(21)24-3)16-7-5-4-6-8-16/h4-12,15,18,20H,13H2,1-3H3/t15-,18-/m0/s1. The number of benzene rings is 2. The first kappa shape index (κ1) is 19.1. The average molecular weight is 361 g/mol. The predicted octanol–water partition coefficient (Wildman–Crippen LogP) is 3.21. The van der Waals surface area contributed by atoms with Gasteiger partial charge >= 0.3 is 5.97 Å². The van der Waals surface area contributed by atoms with Crippen molar-refractivity contribution in [2.24, 2.45) is 5.92 Å². The lowest BCUT2D eigenvalue weighted by Crippen LogP contribution is -2.31. The van der Waals surface area contributed by atoms with Gasteiger partial charge in [0.15, 0.2) is 0 Å². The molecule has 0 bridgehead atoms. The molecular weight excluding hydrogens is 338 g/mol. The van der Waals surface area contributed by atoms with Crippen molar-refractivity contribution >= 4 is 16.0 Å². The zero-order valence-corrected chi connectivity index (χ0v) is 15.4. The van der Waals surface area contributed by atoms with Crippen LogP contribution in [0.1, 0.15) is 30.5 Å². The Morgan fingerprint density at radius 1 is 1.08 bits per heavy atom. The number of ether oxygens (including phenoxy) is 1. The molecule has 2 aromatic carbocycles. The molecule has 0 heterocycles. The summed E-state index contributed by atoms with van der Waals surface area (Å²) < 4.78 is 32.9. The van der Waals surface area contributed by atoms with Crippen LogP contribution in [0.4, 0.5) is 0 Å². The SMILES string of the molecule is COC(=O)[C@@H](C)C[C@H](NS(=O)(=O)c1ccc(C)cc1)c1ccccc1. The van der Waals surface area contributed by atoms with Gasteiger partial charge in [0, 0.05) is 6.04 Å². The minimum Gasteiger partial charge on any atom is -0.469 e. The molecule has 0 saturated carbocycles. The highest BCUT2D eigenvalue weighted by Gasteiger charge is 2.25. The fourth-order valence-corrected chi connectivity index (χ4v) is 3.80. The van der Waals surface area contributed by atoms with E-state index in [4.69, 9.17) is 4.74 Å². The molecule has 0 aliphatic rings. The van der Waals surface area contributed by atoms with Gasteiger partial charge in [0.2, 0.25) is 10.0 Å². The normalized spacial score (nSPS) is 13.9. The Bertz CT molecular complexity index is 801. The second-order valence-corrected chi connectivity index (χ2v) is 7.77. The summed E-state index contributed by atoms with van der Waals surface area (Å²) in [6.45, 7) is 3.62. The number of esters is 1. The molecule has 134 valence electrons. The van der Waals surface area contributed by atoms with E-state index >= 15 is 0 Å². The van der Waals surface area contributed by atoms with E-state index < -0.39 is 22.0 Å². The van der Waals surface area contributed by atoms with E-state index in [1.54, 1.807) is 31.2 Å². The van der Waals surface area contributed by atoms with Crippen LogP contribution in [0, 0.1) is 12.8 Å². The molecule has 0 aliphatic carbocycles. The molecular formula is C19H23NO4S. The lowest BCUT2D eigenvalue weighted by atomic mass is 9.97. The number of carbonyl (C=O) groups is 1. The Hall–Kier alpha value is -2.18. The van der Waals surface area contributed by atoms with Gasteiger partial charge in [0.1, 0.15) is 0 Å². The van der Waals surface area contributed by atoms with Gasteiger partial charge in [-0.15, -0.1) is 0 Å². The van der Waals surface area contributed by atoms with Crippen LogP contribution >= 0.6 is 0 Å². The van der Waals surface area contributed by atoms with Gasteiger partial charge in [-0.25, -0.2) is 13.1 Å². The summed E-state index contributed by atoms with van der Waals surface area (Å²) in [5.74, 6) is -0.800. The third-order valence-corrected chi connectivity index (χ3v) is 5.51. The lowest BCUT2D eigenvalue weighted by molar-refractivity contribution is -0.145. The molecule has 0 aromatic heterocycles. The van der Waals surface area contributed by atoms with Crippen LogP contribution in [0.15, 0.2) is 59.5 Å². The Kier molecular flexibility index (Phi) is 6.33. The van der Waals surface area contributed by atoms with Crippen LogP contribution in [0.5, 0.6) is 0 Å². The number of hydrogen-bond donors (Lipinski definition) is 1. The first-order chi connectivity index (χ1) is 11.8. The molecule has 0 unspecified atom stereocenters. The van der Waals surface area contributed by atoms with Crippen molar-refractivity contribution in [3.05, 3.63) is 65.7 Å². The van der Waals surface area contributed by atoms with Crippen molar-refractivity contribution in [2.75, 3.05) is 7.11 Å². The van der Waals surface area contributed by atoms with Crippen molar-refractivity contribution in [3.63, 3.8) is 0 Å². The summed E-state index contributed by atoms with van der Waals surface area (Å²) in [7, 11) is -2.38. The van der Waals surface area contributed by atoms with Gasteiger partial charge < -0.3 is 4.74 Å². The van der Waals surface area contributed by atoms with E-state index in [0.29, 0.717) is 6.42 Å². The molecule has 0 fully saturated rings. The maximum Gasteiger partial charge on any atom is 0.308 e. The largest absolute Gasteiger partial charge is 0.469 e. The van der Waals surface area contributed by atoms with Crippen LogP contribution in [0.25, 0.3) is 0 Å². The van der Waals surface area contributed by atoms with Crippen LogP contribution < -0.4 is 4.72 Å². The maximum absolute atomic E-state index is 12.7. The van der Waals surface area contributed by atoms with E-state index in [-0.39, 0.29) is 10.9 Å². The third kappa shape index (κ3) is 5.14. The molecule has 2 rings (SSSR count). The molecule has 6 heteroatoms. The highest BCUT2D eigenvalue weighted by Crippen LogP contribution is 2.24. The number of rotatable bonds is 7. The smallest absolute Gasteiger partial charge is 0.308 e. The Balaban J connectivity index is 2.29. The van der Waals surface area contributed by atoms with Gasteiger partial charge in [-0.1, -0.05) is 55.0 Å². The number of carbonyl (C=O) groups excluding carboxylic acids is 1. The fraction of sp³-hybridized carbons (Fsp3) is 0.316. The quantitative estimate of drug-likeness (QED) is 0.769. The predicted molar refractivity (Wildman–Crippen MR) is 96.5 cm³/mol. The van der Waals surface area contributed by atoms with Crippen LogP contribution in [-0.4, -0.2) is 21.5 Å². The molecule has 0 amide bonds. The fourth-order valence-electron chi connectivity index (χ4n) is 2.56. The van der Waals surface area contributed by atoms with E-state index in [1.807, 2.05) is 37.3 Å². The molecule has 2 atom stereocenters. The highest BCUT2D eigenvalue weighted by molar-refractivity contribution is 7.89. The molecule has 2 aromatic rings. The summed E-state index contributed by atoms with van der Waals surface area (Å²) in [5, 5.41) is 0. The zero-order chi connectivity index (χ0) is 18.4. The van der Waals surface area contributed by atoms with Gasteiger partial charge in [0.25, 0.3) is 0 Å². The van der Waals surface area contributed by atoms with Crippen molar-refractivity contribution in [2.45, 2.75) is 31.2 Å². The van der Waals surface area contributed by atoms with E-state index in [9.17, 15) is 13.2 Å². The second kappa shape index (κ2) is 8.27. The average Bonchev–Trinajstić information content (AvgIpc) is 2.61. The van der Waals surface area contributed by atoms with E-state index in [0.717, 1.165) is 11.1 Å². The van der Waals surface area contributed by atoms with Gasteiger partial charge in [-0.2, -0.15) is 0 Å². The molecule has 5 nitrogen and oxygen atoms in total. The van der Waals surface area contributed by atoms with Crippen LogP contribution in [0.2, 0.25) is 0 Å². The molecule has 0 saturated heterocycles. The molecule has 0 aliphatic heterocycles. The molecule has 25 heavy (non-hydrogen) atoms. The zero-order valence-electron chi connectivity index (χ0n) is 14.6. The summed E-state index contributed by atoms with van der Waals surface area (Å²) in [6, 6.07) is 15.3. The Labute approximate surface area is 149 Å². The second-order valence-electron chi connectivity index (χ2n) is 6.06. The van der Waals surface area contributed by atoms with Crippen LogP contribution in [-0.2, 0) is 19.6 Å². The number of aryl methyl sites for hydroxylation is 1. The number of sulfonamides is 1. The van der Waals surface area contributed by atoms with Gasteiger partial charge in [0.05, 0.1) is 17.9 Å². The third-order valence-electron chi connectivity index (χ3n) is 4.02. The Morgan fingerprint density at radius 3 is 2.24 bits per heavy atom. The molecule has 0 radical (unpaired) electrons. The topological polar surface area (TPSA) is 72.5 Å². The summed E-state index contributed by atoms with van der Waals surface area (Å²) in [4.78, 5) is 12.0. The lowest BCUT2D eigenvalue weighted by Gasteiger charge is -2.22. The van der Waals surface area contributed by atoms with Crippen LogP contribution in [0.3, 0.4) is 0 Å². The number of hydrogen-bond acceptors (Lipinski definition) is 4. The van der Waals surface area contributed by atoms with E-state index in [1.165, 1.54) is 7.11 Å². The molecule has 1 N–H and O–H groups in total. The summed E-state index contributed by atoms with van der Waals surface area (Å²) >= 11 is 0. The monoisotopic (exact) mass is 361 g/mol. The number of methoxy groups -OCH3 is 1. The summed E-state index contributed by atoms with van der Waals surface area (Å²) in [5.41, 5.74) is 1.78. The van der Waals surface area contributed by atoms with Gasteiger partial charge in [-0.05, 0) is 31.0 Å². The van der Waals surface area contributed by atoms with E-state index in [2.05, 4.69) is 4.72 Å². The van der Waals surface area contributed by atoms with Crippen molar-refractivity contribution in [1.82, 2.24) is 4.72 Å².